The van der Waals surface area contributed by atoms with Crippen molar-refractivity contribution in [3.63, 3.8) is 0 Å². The molecule has 3 aromatic rings. The van der Waals surface area contributed by atoms with Gasteiger partial charge in [-0.15, -0.1) is 0 Å². The number of aromatic nitrogens is 2. The number of hydrogen-bond donors (Lipinski definition) is 2. The van der Waals surface area contributed by atoms with E-state index >= 15 is 0 Å². The molecule has 10 heteroatoms. The van der Waals surface area contributed by atoms with E-state index in [1.807, 2.05) is 6.07 Å². The molecule has 1 fully saturated rings. The number of nitriles is 1. The molecule has 1 saturated carbocycles. The lowest BCUT2D eigenvalue weighted by atomic mass is 10.0. The second-order valence-electron chi connectivity index (χ2n) is 7.22. The number of amides is 2. The Kier molecular flexibility index (Phi) is 5.47. The summed E-state index contributed by atoms with van der Waals surface area (Å²) in [5.74, 6) is -2.79. The Bertz CT molecular complexity index is 1320. The zero-order valence-corrected chi connectivity index (χ0v) is 17.1. The number of nitrogens with one attached hydrogen (secondary N) is 2. The largest absolute Gasteiger partial charge is 0.322 e. The van der Waals surface area contributed by atoms with Crippen LogP contribution < -0.4 is 16.2 Å². The van der Waals surface area contributed by atoms with Crippen molar-refractivity contribution < 1.29 is 14.0 Å². The van der Waals surface area contributed by atoms with Crippen LogP contribution in [0.15, 0.2) is 65.7 Å². The third-order valence-corrected chi connectivity index (χ3v) is 5.39. The Morgan fingerprint density at radius 3 is 2.69 bits per heavy atom. The van der Waals surface area contributed by atoms with Crippen molar-refractivity contribution in [3.05, 3.63) is 82.1 Å². The van der Waals surface area contributed by atoms with Gasteiger partial charge in [-0.05, 0) is 36.8 Å². The summed E-state index contributed by atoms with van der Waals surface area (Å²) in [6, 6.07) is 13.3. The smallest absolute Gasteiger partial charge is 0.255 e. The van der Waals surface area contributed by atoms with Gasteiger partial charge >= 0.3 is 0 Å². The highest BCUT2D eigenvalue weighted by Gasteiger charge is 2.64. The molecule has 2 N–H and O–H groups in total. The van der Waals surface area contributed by atoms with Gasteiger partial charge in [0, 0.05) is 24.5 Å². The van der Waals surface area contributed by atoms with Crippen LogP contribution in [0.3, 0.4) is 0 Å². The van der Waals surface area contributed by atoms with Gasteiger partial charge in [-0.25, -0.2) is 9.37 Å². The highest BCUT2D eigenvalue weighted by Crippen LogP contribution is 2.53. The minimum absolute atomic E-state index is 0.00608. The van der Waals surface area contributed by atoms with Crippen molar-refractivity contribution >= 4 is 34.9 Å². The summed E-state index contributed by atoms with van der Waals surface area (Å²) in [5, 5.41) is 14.9. The average molecular weight is 452 g/mol. The van der Waals surface area contributed by atoms with Crippen LogP contribution >= 0.6 is 11.6 Å². The van der Waals surface area contributed by atoms with Crippen LogP contribution in [0.4, 0.5) is 15.9 Å². The van der Waals surface area contributed by atoms with E-state index in [9.17, 15) is 24.0 Å². The molecule has 2 heterocycles. The van der Waals surface area contributed by atoms with E-state index in [1.54, 1.807) is 12.1 Å². The molecule has 0 aliphatic heterocycles. The lowest BCUT2D eigenvalue weighted by molar-refractivity contribution is -0.123. The Balaban J connectivity index is 1.48. The third-order valence-electron chi connectivity index (χ3n) is 5.16. The molecule has 0 spiro atoms. The summed E-state index contributed by atoms with van der Waals surface area (Å²) >= 11 is 5.76. The summed E-state index contributed by atoms with van der Waals surface area (Å²) in [4.78, 5) is 41.1. The van der Waals surface area contributed by atoms with Gasteiger partial charge < -0.3 is 10.6 Å². The number of hydrogen-bond acceptors (Lipinski definition) is 5. The average Bonchev–Trinajstić information content (AvgIpc) is 3.54. The zero-order valence-electron chi connectivity index (χ0n) is 16.4. The number of carbonyl (C=O) groups is 2. The molecule has 8 nitrogen and oxygen atoms in total. The highest BCUT2D eigenvalue weighted by atomic mass is 35.5. The minimum atomic E-state index is -1.61. The van der Waals surface area contributed by atoms with Crippen molar-refractivity contribution in [1.82, 2.24) is 9.55 Å². The van der Waals surface area contributed by atoms with Crippen molar-refractivity contribution in [3.8, 4) is 11.8 Å². The number of carbonyl (C=O) groups excluding carboxylic acids is 2. The second kappa shape index (κ2) is 8.24. The van der Waals surface area contributed by atoms with Gasteiger partial charge in [0.15, 0.2) is 0 Å². The van der Waals surface area contributed by atoms with E-state index in [0.717, 1.165) is 6.07 Å². The highest BCUT2D eigenvalue weighted by molar-refractivity contribution is 6.30. The molecule has 32 heavy (non-hydrogen) atoms. The quantitative estimate of drug-likeness (QED) is 0.618. The molecule has 1 aromatic carbocycles. The van der Waals surface area contributed by atoms with E-state index in [0.29, 0.717) is 5.02 Å². The van der Waals surface area contributed by atoms with E-state index < -0.39 is 29.0 Å². The first-order valence-corrected chi connectivity index (χ1v) is 9.84. The number of anilines is 2. The van der Waals surface area contributed by atoms with Gasteiger partial charge in [0.1, 0.15) is 17.1 Å². The Morgan fingerprint density at radius 2 is 2.03 bits per heavy atom. The first-order valence-electron chi connectivity index (χ1n) is 9.47. The normalized spacial score (nSPS) is 19.0. The molecule has 4 rings (SSSR count). The molecular formula is C22H15ClFN5O3. The lowest BCUT2D eigenvalue weighted by Crippen LogP contribution is -2.29. The molecule has 2 aromatic heterocycles. The van der Waals surface area contributed by atoms with Gasteiger partial charge in [-0.1, -0.05) is 17.7 Å². The van der Waals surface area contributed by atoms with E-state index in [-0.39, 0.29) is 29.2 Å². The first-order chi connectivity index (χ1) is 15.3. The summed E-state index contributed by atoms with van der Waals surface area (Å²) in [6.07, 6.45) is 2.83. The predicted molar refractivity (Wildman–Crippen MR) is 115 cm³/mol. The van der Waals surface area contributed by atoms with Crippen molar-refractivity contribution in [1.29, 1.82) is 5.26 Å². The standard InChI is InChI=1S/C22H15ClFN5O3/c23-13-4-7-18(26-11-13)28-20(31)15-10-22(15,12-25)21(32)27-17-6-5-14(9-16(17)24)29-8-2-1-3-19(29)30/h1-9,11,15H,10H2,(H,27,32)(H,26,28,31)/t15-,22+/m1/s1. The Labute approximate surface area is 186 Å². The van der Waals surface area contributed by atoms with Crippen LogP contribution in [0.1, 0.15) is 6.42 Å². The van der Waals surface area contributed by atoms with Gasteiger partial charge in [-0.2, -0.15) is 5.26 Å². The summed E-state index contributed by atoms with van der Waals surface area (Å²) in [5.41, 5.74) is -1.84. The van der Waals surface area contributed by atoms with Crippen LogP contribution in [0.2, 0.25) is 5.02 Å². The second-order valence-corrected chi connectivity index (χ2v) is 7.65. The van der Waals surface area contributed by atoms with Crippen molar-refractivity contribution in [2.24, 2.45) is 11.3 Å². The SMILES string of the molecule is N#C[C@@]1(C(=O)Nc2ccc(-n3ccccc3=O)cc2F)C[C@@H]1C(=O)Nc1ccc(Cl)cn1. The van der Waals surface area contributed by atoms with Crippen molar-refractivity contribution in [2.75, 3.05) is 10.6 Å². The van der Waals surface area contributed by atoms with E-state index in [1.165, 1.54) is 47.3 Å². The summed E-state index contributed by atoms with van der Waals surface area (Å²) in [7, 11) is 0. The summed E-state index contributed by atoms with van der Waals surface area (Å²) < 4.78 is 15.9. The fraction of sp³-hybridized carbons (Fsp3) is 0.136. The Hall–Kier alpha value is -4.03. The minimum Gasteiger partial charge on any atom is -0.322 e. The number of halogens is 2. The van der Waals surface area contributed by atoms with Crippen LogP contribution in [-0.4, -0.2) is 21.4 Å². The maximum Gasteiger partial charge on any atom is 0.255 e. The molecule has 160 valence electrons. The molecule has 0 unspecified atom stereocenters. The fourth-order valence-electron chi connectivity index (χ4n) is 3.30. The van der Waals surface area contributed by atoms with E-state index in [4.69, 9.17) is 11.6 Å². The zero-order chi connectivity index (χ0) is 22.9. The molecular weight excluding hydrogens is 437 g/mol. The maximum absolute atomic E-state index is 14.6. The molecule has 2 atom stereocenters. The Morgan fingerprint density at radius 1 is 1.22 bits per heavy atom. The van der Waals surface area contributed by atoms with Crippen LogP contribution in [0.5, 0.6) is 0 Å². The van der Waals surface area contributed by atoms with Gasteiger partial charge in [-0.3, -0.25) is 19.0 Å². The van der Waals surface area contributed by atoms with E-state index in [2.05, 4.69) is 15.6 Å². The van der Waals surface area contributed by atoms with Gasteiger partial charge in [0.2, 0.25) is 11.8 Å². The fourth-order valence-corrected chi connectivity index (χ4v) is 3.41. The van der Waals surface area contributed by atoms with Crippen LogP contribution in [0, 0.1) is 28.5 Å². The molecule has 1 aliphatic carbocycles. The van der Waals surface area contributed by atoms with Crippen LogP contribution in [-0.2, 0) is 9.59 Å². The molecule has 0 bridgehead atoms. The molecule has 0 radical (unpaired) electrons. The number of rotatable bonds is 5. The topological polar surface area (TPSA) is 117 Å². The lowest BCUT2D eigenvalue weighted by Gasteiger charge is -2.12. The molecule has 1 aliphatic rings. The van der Waals surface area contributed by atoms with Crippen LogP contribution in [0.25, 0.3) is 5.69 Å². The molecule has 0 saturated heterocycles. The van der Waals surface area contributed by atoms with Crippen molar-refractivity contribution in [2.45, 2.75) is 6.42 Å². The number of benzene rings is 1. The predicted octanol–water partition coefficient (Wildman–Crippen LogP) is 3.13. The maximum atomic E-state index is 14.6. The molecule has 2 amide bonds. The number of nitrogens with zero attached hydrogens (tertiary/aromatic N) is 3. The summed E-state index contributed by atoms with van der Waals surface area (Å²) in [6.45, 7) is 0. The number of pyridine rings is 2. The first kappa shape index (κ1) is 21.2. The van der Waals surface area contributed by atoms with Gasteiger partial charge in [0.05, 0.1) is 28.4 Å². The third kappa shape index (κ3) is 3.96. The monoisotopic (exact) mass is 451 g/mol. The van der Waals surface area contributed by atoms with Gasteiger partial charge in [0.25, 0.3) is 5.56 Å².